The van der Waals surface area contributed by atoms with Crippen molar-refractivity contribution in [3.63, 3.8) is 0 Å². The Morgan fingerprint density at radius 2 is 1.86 bits per heavy atom. The first kappa shape index (κ1) is 16.7. The number of rotatable bonds is 5. The van der Waals surface area contributed by atoms with E-state index in [-0.39, 0.29) is 0 Å². The molecule has 1 saturated carbocycles. The van der Waals surface area contributed by atoms with Crippen LogP contribution >= 0.6 is 0 Å². The molecule has 1 aliphatic carbocycles. The highest BCUT2D eigenvalue weighted by Gasteiger charge is 2.29. The van der Waals surface area contributed by atoms with Gasteiger partial charge in [-0.2, -0.15) is 10.2 Å². The molecule has 3 N–H and O–H groups in total. The molecule has 6 rings (SSSR count). The molecule has 3 aromatic heterocycles. The SMILES string of the molecule is c1n[nH]cc1-c1ccc(-c2ccc(N3CCC(NC4CC4)C3)nn2)c2[nH]ncc12. The first-order valence-corrected chi connectivity index (χ1v) is 10.2. The third-order valence-electron chi connectivity index (χ3n) is 5.91. The molecule has 2 fully saturated rings. The molecule has 1 aromatic carbocycles. The van der Waals surface area contributed by atoms with Crippen molar-refractivity contribution in [3.05, 3.63) is 42.9 Å². The summed E-state index contributed by atoms with van der Waals surface area (Å²) in [4.78, 5) is 2.32. The van der Waals surface area contributed by atoms with Crippen molar-refractivity contribution < 1.29 is 0 Å². The van der Waals surface area contributed by atoms with Crippen molar-refractivity contribution in [1.82, 2.24) is 35.9 Å². The summed E-state index contributed by atoms with van der Waals surface area (Å²) in [6, 6.07) is 9.60. The standard InChI is InChI=1S/C21H22N8/c1-2-14(1)25-15-7-8-29(12-15)20-6-5-19(26-27-20)17-4-3-16(13-9-22-23-10-13)18-11-24-28-21(17)18/h3-6,9-11,14-15,25H,1-2,7-8,12H2,(H,22,23)(H,24,28). The highest BCUT2D eigenvalue weighted by Crippen LogP contribution is 2.33. The second-order valence-corrected chi connectivity index (χ2v) is 7.96. The highest BCUT2D eigenvalue weighted by molar-refractivity contribution is 6.01. The average Bonchev–Trinajstić information content (AvgIpc) is 3.19. The van der Waals surface area contributed by atoms with Crippen molar-refractivity contribution in [1.29, 1.82) is 0 Å². The Balaban J connectivity index is 1.27. The van der Waals surface area contributed by atoms with Gasteiger partial charge >= 0.3 is 0 Å². The average molecular weight is 386 g/mol. The van der Waals surface area contributed by atoms with Gasteiger partial charge in [0.15, 0.2) is 5.82 Å². The summed E-state index contributed by atoms with van der Waals surface area (Å²) in [5.41, 5.74) is 4.92. The van der Waals surface area contributed by atoms with Crippen LogP contribution < -0.4 is 10.2 Å². The van der Waals surface area contributed by atoms with E-state index >= 15 is 0 Å². The Hall–Kier alpha value is -3.26. The molecule has 0 amide bonds. The minimum absolute atomic E-state index is 0.573. The Morgan fingerprint density at radius 3 is 2.66 bits per heavy atom. The molecule has 4 heterocycles. The Kier molecular flexibility index (Phi) is 3.83. The molecule has 8 nitrogen and oxygen atoms in total. The van der Waals surface area contributed by atoms with Gasteiger partial charge in [-0.3, -0.25) is 10.2 Å². The van der Waals surface area contributed by atoms with E-state index in [1.807, 2.05) is 18.6 Å². The number of nitrogens with zero attached hydrogens (tertiary/aromatic N) is 5. The topological polar surface area (TPSA) is 98.4 Å². The van der Waals surface area contributed by atoms with E-state index in [9.17, 15) is 0 Å². The van der Waals surface area contributed by atoms with Gasteiger partial charge in [0, 0.05) is 47.9 Å². The molecule has 1 aliphatic heterocycles. The zero-order chi connectivity index (χ0) is 19.2. The van der Waals surface area contributed by atoms with Crippen molar-refractivity contribution in [2.45, 2.75) is 31.3 Å². The Morgan fingerprint density at radius 1 is 0.931 bits per heavy atom. The van der Waals surface area contributed by atoms with Crippen LogP contribution in [0.3, 0.4) is 0 Å². The van der Waals surface area contributed by atoms with Crippen LogP contribution in [0.4, 0.5) is 5.82 Å². The fourth-order valence-electron chi connectivity index (χ4n) is 4.22. The molecule has 1 saturated heterocycles. The van der Waals surface area contributed by atoms with Crippen LogP contribution in [0.2, 0.25) is 0 Å². The van der Waals surface area contributed by atoms with Crippen LogP contribution in [0.1, 0.15) is 19.3 Å². The lowest BCUT2D eigenvalue weighted by molar-refractivity contribution is 0.548. The van der Waals surface area contributed by atoms with Gasteiger partial charge in [0.1, 0.15) is 0 Å². The molecular formula is C21H22N8. The van der Waals surface area contributed by atoms with E-state index in [1.165, 1.54) is 19.3 Å². The van der Waals surface area contributed by atoms with Crippen LogP contribution in [0, 0.1) is 0 Å². The number of fused-ring (bicyclic) bond motifs is 1. The molecule has 1 unspecified atom stereocenters. The van der Waals surface area contributed by atoms with Gasteiger partial charge in [-0.05, 0) is 43.0 Å². The number of aromatic amines is 2. The number of aromatic nitrogens is 6. The number of hydrogen-bond donors (Lipinski definition) is 3. The third kappa shape index (κ3) is 3.05. The summed E-state index contributed by atoms with van der Waals surface area (Å²) in [6.07, 6.45) is 9.37. The second kappa shape index (κ2) is 6.66. The summed E-state index contributed by atoms with van der Waals surface area (Å²) in [5.74, 6) is 0.949. The van der Waals surface area contributed by atoms with Crippen molar-refractivity contribution in [2.75, 3.05) is 18.0 Å². The molecule has 1 atom stereocenters. The number of anilines is 1. The van der Waals surface area contributed by atoms with E-state index in [0.717, 1.165) is 58.2 Å². The van der Waals surface area contributed by atoms with Gasteiger partial charge in [-0.15, -0.1) is 10.2 Å². The van der Waals surface area contributed by atoms with Gasteiger partial charge in [-0.1, -0.05) is 6.07 Å². The van der Waals surface area contributed by atoms with Crippen molar-refractivity contribution >= 4 is 16.7 Å². The third-order valence-corrected chi connectivity index (χ3v) is 5.91. The largest absolute Gasteiger partial charge is 0.354 e. The number of H-pyrrole nitrogens is 2. The maximum absolute atomic E-state index is 4.54. The van der Waals surface area contributed by atoms with Gasteiger partial charge in [-0.25, -0.2) is 0 Å². The summed E-state index contributed by atoms with van der Waals surface area (Å²) in [6.45, 7) is 2.04. The molecule has 2 aliphatic rings. The summed E-state index contributed by atoms with van der Waals surface area (Å²) in [5, 5.41) is 28.1. The Labute approximate surface area is 167 Å². The summed E-state index contributed by atoms with van der Waals surface area (Å²) >= 11 is 0. The number of nitrogens with one attached hydrogen (secondary N) is 3. The van der Waals surface area contributed by atoms with Crippen LogP contribution in [-0.2, 0) is 0 Å². The number of benzene rings is 1. The van der Waals surface area contributed by atoms with E-state index in [1.54, 1.807) is 0 Å². The second-order valence-electron chi connectivity index (χ2n) is 7.96. The van der Waals surface area contributed by atoms with Crippen LogP contribution in [0.5, 0.6) is 0 Å². The predicted octanol–water partition coefficient (Wildman–Crippen LogP) is 2.74. The smallest absolute Gasteiger partial charge is 0.151 e. The van der Waals surface area contributed by atoms with Crippen LogP contribution in [-0.4, -0.2) is 55.8 Å². The predicted molar refractivity (Wildman–Crippen MR) is 111 cm³/mol. The molecule has 29 heavy (non-hydrogen) atoms. The highest BCUT2D eigenvalue weighted by atomic mass is 15.3. The van der Waals surface area contributed by atoms with Gasteiger partial charge in [0.25, 0.3) is 0 Å². The minimum atomic E-state index is 0.573. The molecule has 0 bridgehead atoms. The van der Waals surface area contributed by atoms with Gasteiger partial charge in [0.2, 0.25) is 0 Å². The lowest BCUT2D eigenvalue weighted by Gasteiger charge is -2.17. The van der Waals surface area contributed by atoms with E-state index in [0.29, 0.717) is 6.04 Å². The lowest BCUT2D eigenvalue weighted by Crippen LogP contribution is -2.34. The van der Waals surface area contributed by atoms with Gasteiger partial charge in [0.05, 0.1) is 23.6 Å². The van der Waals surface area contributed by atoms with E-state index in [4.69, 9.17) is 0 Å². The molecule has 0 radical (unpaired) electrons. The van der Waals surface area contributed by atoms with E-state index in [2.05, 4.69) is 65.1 Å². The molecule has 4 aromatic rings. The van der Waals surface area contributed by atoms with Crippen molar-refractivity contribution in [2.24, 2.45) is 0 Å². The number of hydrogen-bond acceptors (Lipinski definition) is 6. The molecule has 146 valence electrons. The first-order valence-electron chi connectivity index (χ1n) is 10.2. The molecule has 0 spiro atoms. The molecule has 8 heteroatoms. The summed E-state index contributed by atoms with van der Waals surface area (Å²) < 4.78 is 0. The fourth-order valence-corrected chi connectivity index (χ4v) is 4.22. The van der Waals surface area contributed by atoms with E-state index < -0.39 is 0 Å². The Bertz CT molecular complexity index is 1130. The quantitative estimate of drug-likeness (QED) is 0.488. The fraction of sp³-hybridized carbons (Fsp3) is 0.333. The lowest BCUT2D eigenvalue weighted by atomic mass is 10.0. The maximum Gasteiger partial charge on any atom is 0.151 e. The summed E-state index contributed by atoms with van der Waals surface area (Å²) in [7, 11) is 0. The normalized spacial score (nSPS) is 19.3. The van der Waals surface area contributed by atoms with Crippen LogP contribution in [0.15, 0.2) is 42.9 Å². The molecular weight excluding hydrogens is 364 g/mol. The van der Waals surface area contributed by atoms with Crippen molar-refractivity contribution in [3.8, 4) is 22.4 Å². The zero-order valence-corrected chi connectivity index (χ0v) is 16.0. The maximum atomic E-state index is 4.54. The minimum Gasteiger partial charge on any atom is -0.354 e. The first-order chi connectivity index (χ1) is 14.3. The zero-order valence-electron chi connectivity index (χ0n) is 16.0. The monoisotopic (exact) mass is 386 g/mol. The van der Waals surface area contributed by atoms with Gasteiger partial charge < -0.3 is 10.2 Å². The van der Waals surface area contributed by atoms with Crippen LogP contribution in [0.25, 0.3) is 33.3 Å².